The molecule has 0 bridgehead atoms. The minimum atomic E-state index is -0.0872. The number of nitrogens with one attached hydrogen (secondary N) is 2. The Balaban J connectivity index is 2.17. The van der Waals surface area contributed by atoms with Crippen LogP contribution in [0.15, 0.2) is 46.7 Å². The van der Waals surface area contributed by atoms with Gasteiger partial charge >= 0.3 is 0 Å². The van der Waals surface area contributed by atoms with Crippen LogP contribution < -0.4 is 10.6 Å². The van der Waals surface area contributed by atoms with E-state index in [1.807, 2.05) is 31.3 Å². The van der Waals surface area contributed by atoms with E-state index in [9.17, 15) is 4.79 Å². The Morgan fingerprint density at radius 2 is 2.28 bits per heavy atom. The largest absolute Gasteiger partial charge is 0.386 e. The van der Waals surface area contributed by atoms with Crippen LogP contribution in [0.4, 0.5) is 11.4 Å². The van der Waals surface area contributed by atoms with Gasteiger partial charge in [-0.25, -0.2) is 0 Å². The number of carbonyl (C=O) groups is 1. The molecular formula is C13H14N4O. The van der Waals surface area contributed by atoms with Gasteiger partial charge in [0.2, 0.25) is 5.91 Å². The Bertz CT molecular complexity index is 532. The van der Waals surface area contributed by atoms with Crippen molar-refractivity contribution in [1.82, 2.24) is 5.32 Å². The van der Waals surface area contributed by atoms with Crippen molar-refractivity contribution in [3.05, 3.63) is 36.7 Å². The molecule has 2 N–H and O–H groups in total. The molecule has 2 rings (SSSR count). The van der Waals surface area contributed by atoms with Gasteiger partial charge in [-0.15, -0.1) is 0 Å². The highest BCUT2D eigenvalue weighted by atomic mass is 16.1. The maximum absolute atomic E-state index is 11.3. The van der Waals surface area contributed by atoms with Crippen LogP contribution in [0.5, 0.6) is 0 Å². The molecule has 0 saturated carbocycles. The van der Waals surface area contributed by atoms with Gasteiger partial charge in [0, 0.05) is 25.7 Å². The lowest BCUT2D eigenvalue weighted by Crippen LogP contribution is -2.19. The molecule has 0 aliphatic carbocycles. The summed E-state index contributed by atoms with van der Waals surface area (Å²) < 4.78 is 0. The molecule has 5 heteroatoms. The van der Waals surface area contributed by atoms with E-state index in [1.165, 1.54) is 6.20 Å². The van der Waals surface area contributed by atoms with Gasteiger partial charge in [0.25, 0.3) is 0 Å². The monoisotopic (exact) mass is 242 g/mol. The number of nitrogens with zero attached hydrogens (tertiary/aromatic N) is 2. The lowest BCUT2D eigenvalue weighted by atomic mass is 10.2. The van der Waals surface area contributed by atoms with Crippen LogP contribution in [0.1, 0.15) is 6.42 Å². The Labute approximate surface area is 105 Å². The van der Waals surface area contributed by atoms with E-state index in [4.69, 9.17) is 0 Å². The van der Waals surface area contributed by atoms with Crippen LogP contribution in [0.25, 0.3) is 0 Å². The number of aliphatic imine (C=N–C) groups is 2. The summed E-state index contributed by atoms with van der Waals surface area (Å²) in [6.45, 7) is 0. The topological polar surface area (TPSA) is 65.8 Å². The summed E-state index contributed by atoms with van der Waals surface area (Å²) >= 11 is 0. The van der Waals surface area contributed by atoms with E-state index in [2.05, 4.69) is 20.6 Å². The first-order valence-corrected chi connectivity index (χ1v) is 5.61. The van der Waals surface area contributed by atoms with Crippen molar-refractivity contribution < 1.29 is 4.79 Å². The molecule has 5 nitrogen and oxygen atoms in total. The zero-order chi connectivity index (χ0) is 12.8. The zero-order valence-electron chi connectivity index (χ0n) is 10.1. The predicted octanol–water partition coefficient (Wildman–Crippen LogP) is 1.86. The second-order valence-electron chi connectivity index (χ2n) is 3.71. The lowest BCUT2D eigenvalue weighted by Gasteiger charge is -2.03. The van der Waals surface area contributed by atoms with Gasteiger partial charge in [0.05, 0.1) is 23.5 Å². The predicted molar refractivity (Wildman–Crippen MR) is 73.5 cm³/mol. The normalized spacial score (nSPS) is 15.2. The number of benzene rings is 1. The van der Waals surface area contributed by atoms with Crippen LogP contribution >= 0.6 is 0 Å². The van der Waals surface area contributed by atoms with Crippen LogP contribution in [-0.4, -0.2) is 24.9 Å². The third-order valence-corrected chi connectivity index (χ3v) is 2.43. The molecule has 1 aliphatic rings. The van der Waals surface area contributed by atoms with Gasteiger partial charge in [-0.3, -0.25) is 14.8 Å². The molecule has 92 valence electrons. The molecule has 0 unspecified atom stereocenters. The van der Waals surface area contributed by atoms with Crippen molar-refractivity contribution in [2.24, 2.45) is 9.98 Å². The summed E-state index contributed by atoms with van der Waals surface area (Å²) in [6.07, 6.45) is 4.92. The molecule has 0 atom stereocenters. The van der Waals surface area contributed by atoms with E-state index in [1.54, 1.807) is 12.4 Å². The number of amides is 1. The van der Waals surface area contributed by atoms with Gasteiger partial charge in [-0.05, 0) is 12.1 Å². The molecule has 0 fully saturated rings. The Morgan fingerprint density at radius 3 is 3.11 bits per heavy atom. The Kier molecular flexibility index (Phi) is 3.86. The summed E-state index contributed by atoms with van der Waals surface area (Å²) in [6, 6.07) is 7.68. The average molecular weight is 242 g/mol. The molecular weight excluding hydrogens is 228 g/mol. The van der Waals surface area contributed by atoms with E-state index >= 15 is 0 Å². The molecule has 1 amide bonds. The van der Waals surface area contributed by atoms with E-state index in [0.717, 1.165) is 11.4 Å². The number of para-hydroxylation sites is 2. The second-order valence-corrected chi connectivity index (χ2v) is 3.71. The van der Waals surface area contributed by atoms with Gasteiger partial charge in [0.1, 0.15) is 0 Å². The number of hydrogen-bond acceptors (Lipinski definition) is 4. The quantitative estimate of drug-likeness (QED) is 0.794. The molecule has 0 spiro atoms. The van der Waals surface area contributed by atoms with Gasteiger partial charge in [0.15, 0.2) is 0 Å². The Morgan fingerprint density at radius 1 is 1.44 bits per heavy atom. The molecule has 0 radical (unpaired) electrons. The van der Waals surface area contributed by atoms with Gasteiger partial charge in [-0.1, -0.05) is 12.1 Å². The molecule has 1 heterocycles. The fourth-order valence-corrected chi connectivity index (χ4v) is 1.55. The SMILES string of the molecule is CNc1ccccc1N=CC1=NC=CNC(=O)C1. The highest BCUT2D eigenvalue weighted by Gasteiger charge is 2.06. The van der Waals surface area contributed by atoms with Gasteiger partial charge in [-0.2, -0.15) is 0 Å². The summed E-state index contributed by atoms with van der Waals surface area (Å²) in [5.41, 5.74) is 2.38. The molecule has 0 saturated heterocycles. The lowest BCUT2D eigenvalue weighted by molar-refractivity contribution is -0.118. The van der Waals surface area contributed by atoms with Crippen molar-refractivity contribution in [3.8, 4) is 0 Å². The highest BCUT2D eigenvalue weighted by Crippen LogP contribution is 2.22. The van der Waals surface area contributed by atoms with Gasteiger partial charge < -0.3 is 10.6 Å². The maximum Gasteiger partial charge on any atom is 0.230 e. The minimum Gasteiger partial charge on any atom is -0.386 e. The van der Waals surface area contributed by atoms with Crippen molar-refractivity contribution in [1.29, 1.82) is 0 Å². The van der Waals surface area contributed by atoms with E-state index in [0.29, 0.717) is 5.71 Å². The second kappa shape index (κ2) is 5.77. The highest BCUT2D eigenvalue weighted by molar-refractivity contribution is 6.35. The van der Waals surface area contributed by atoms with Crippen LogP contribution in [0, 0.1) is 0 Å². The van der Waals surface area contributed by atoms with Crippen LogP contribution in [-0.2, 0) is 4.79 Å². The van der Waals surface area contributed by atoms with Crippen molar-refractivity contribution in [2.45, 2.75) is 6.42 Å². The zero-order valence-corrected chi connectivity index (χ0v) is 10.1. The third-order valence-electron chi connectivity index (χ3n) is 2.43. The molecule has 18 heavy (non-hydrogen) atoms. The number of carbonyl (C=O) groups excluding carboxylic acids is 1. The summed E-state index contributed by atoms with van der Waals surface area (Å²) in [7, 11) is 1.84. The smallest absolute Gasteiger partial charge is 0.230 e. The fourth-order valence-electron chi connectivity index (χ4n) is 1.55. The third kappa shape index (κ3) is 3.04. The molecule has 1 aliphatic heterocycles. The fraction of sp³-hybridized carbons (Fsp3) is 0.154. The van der Waals surface area contributed by atoms with E-state index < -0.39 is 0 Å². The first-order chi connectivity index (χ1) is 8.79. The van der Waals surface area contributed by atoms with E-state index in [-0.39, 0.29) is 12.3 Å². The minimum absolute atomic E-state index is 0.0872. The first-order valence-electron chi connectivity index (χ1n) is 5.61. The maximum atomic E-state index is 11.3. The van der Waals surface area contributed by atoms with Crippen LogP contribution in [0.3, 0.4) is 0 Å². The molecule has 0 aromatic heterocycles. The standard InChI is InChI=1S/C13H14N4O/c1-14-11-4-2-3-5-12(11)17-9-10-8-13(18)16-7-6-15-10/h2-7,9,14H,8H2,1H3,(H,16,18). The van der Waals surface area contributed by atoms with Crippen LogP contribution in [0.2, 0.25) is 0 Å². The number of rotatable bonds is 3. The van der Waals surface area contributed by atoms with Crippen molar-refractivity contribution >= 4 is 29.2 Å². The van der Waals surface area contributed by atoms with Crippen molar-refractivity contribution in [3.63, 3.8) is 0 Å². The molecule has 1 aromatic rings. The summed E-state index contributed by atoms with van der Waals surface area (Å²) in [4.78, 5) is 19.8. The first kappa shape index (κ1) is 12.0. The summed E-state index contributed by atoms with van der Waals surface area (Å²) in [5.74, 6) is -0.0872. The van der Waals surface area contributed by atoms with Crippen molar-refractivity contribution in [2.75, 3.05) is 12.4 Å². The number of anilines is 1. The number of hydrogen-bond donors (Lipinski definition) is 2. The average Bonchev–Trinajstić information content (AvgIpc) is 2.61. The molecule has 1 aromatic carbocycles. The Hall–Kier alpha value is -2.43. The summed E-state index contributed by atoms with van der Waals surface area (Å²) in [5, 5.41) is 5.64.